The summed E-state index contributed by atoms with van der Waals surface area (Å²) >= 11 is 0. The van der Waals surface area contributed by atoms with Crippen LogP contribution in [0.3, 0.4) is 0 Å². The molecule has 0 spiro atoms. The van der Waals surface area contributed by atoms with Crippen molar-refractivity contribution in [3.63, 3.8) is 0 Å². The van der Waals surface area contributed by atoms with E-state index in [-0.39, 0.29) is 11.9 Å². The average molecular weight is 291 g/mol. The number of rotatable bonds is 6. The maximum absolute atomic E-state index is 14.2. The zero-order chi connectivity index (χ0) is 15.2. The molecule has 1 aromatic rings. The van der Waals surface area contributed by atoms with Crippen molar-refractivity contribution >= 4 is 0 Å². The molecule has 1 unspecified atom stereocenters. The fourth-order valence-electron chi connectivity index (χ4n) is 3.85. The largest absolute Gasteiger partial charge is 0.313 e. The molecule has 2 rings (SSSR count). The molecule has 0 radical (unpaired) electrons. The number of nitrogens with one attached hydrogen (secondary N) is 1. The number of hydrogen-bond donors (Lipinski definition) is 1. The van der Waals surface area contributed by atoms with Gasteiger partial charge in [-0.05, 0) is 44.7 Å². The van der Waals surface area contributed by atoms with Gasteiger partial charge in [-0.25, -0.2) is 4.39 Å². The zero-order valence-corrected chi connectivity index (χ0v) is 13.8. The Morgan fingerprint density at radius 1 is 1.24 bits per heavy atom. The number of halogens is 1. The van der Waals surface area contributed by atoms with Gasteiger partial charge in [0.1, 0.15) is 5.82 Å². The van der Waals surface area contributed by atoms with Crippen LogP contribution in [0.2, 0.25) is 0 Å². The smallest absolute Gasteiger partial charge is 0.128 e. The average Bonchev–Trinajstić information content (AvgIpc) is 2.50. The highest BCUT2D eigenvalue weighted by Gasteiger charge is 2.29. The van der Waals surface area contributed by atoms with Crippen molar-refractivity contribution < 1.29 is 4.39 Å². The van der Waals surface area contributed by atoms with Crippen LogP contribution < -0.4 is 5.32 Å². The van der Waals surface area contributed by atoms with Gasteiger partial charge in [-0.15, -0.1) is 0 Å². The maximum Gasteiger partial charge on any atom is 0.128 e. The lowest BCUT2D eigenvalue weighted by Gasteiger charge is -2.34. The highest BCUT2D eigenvalue weighted by Crippen LogP contribution is 2.39. The maximum atomic E-state index is 14.2. The molecule has 118 valence electrons. The molecule has 1 aromatic carbocycles. The van der Waals surface area contributed by atoms with Gasteiger partial charge in [-0.1, -0.05) is 56.7 Å². The SMILES string of the molecule is CCCCC1CCC(C(NC)c2cc(C)ccc2F)CC1. The number of unbranched alkanes of at least 4 members (excludes halogenated alkanes) is 1. The van der Waals surface area contributed by atoms with Gasteiger partial charge in [-0.3, -0.25) is 0 Å². The second-order valence-electron chi connectivity index (χ2n) is 6.71. The number of hydrogen-bond acceptors (Lipinski definition) is 1. The van der Waals surface area contributed by atoms with Gasteiger partial charge in [0, 0.05) is 11.6 Å². The van der Waals surface area contributed by atoms with Gasteiger partial charge in [-0.2, -0.15) is 0 Å². The van der Waals surface area contributed by atoms with Gasteiger partial charge in [0.25, 0.3) is 0 Å². The molecule has 1 aliphatic carbocycles. The van der Waals surface area contributed by atoms with E-state index in [9.17, 15) is 4.39 Å². The lowest BCUT2D eigenvalue weighted by molar-refractivity contribution is 0.215. The number of benzene rings is 1. The first-order valence-electron chi connectivity index (χ1n) is 8.59. The van der Waals surface area contributed by atoms with Crippen molar-refractivity contribution in [3.8, 4) is 0 Å². The summed E-state index contributed by atoms with van der Waals surface area (Å²) in [4.78, 5) is 0. The summed E-state index contributed by atoms with van der Waals surface area (Å²) in [6, 6.07) is 5.64. The third-order valence-electron chi connectivity index (χ3n) is 5.13. The monoisotopic (exact) mass is 291 g/mol. The molecule has 0 saturated heterocycles. The fraction of sp³-hybridized carbons (Fsp3) is 0.684. The molecule has 0 bridgehead atoms. The highest BCUT2D eigenvalue weighted by molar-refractivity contribution is 5.27. The Morgan fingerprint density at radius 2 is 1.95 bits per heavy atom. The van der Waals surface area contributed by atoms with Crippen molar-refractivity contribution in [2.75, 3.05) is 7.05 Å². The molecule has 1 nitrogen and oxygen atoms in total. The molecule has 21 heavy (non-hydrogen) atoms. The van der Waals surface area contributed by atoms with Crippen LogP contribution in [0.25, 0.3) is 0 Å². The van der Waals surface area contributed by atoms with Crippen LogP contribution in [0.1, 0.15) is 69.0 Å². The van der Waals surface area contributed by atoms with Crippen LogP contribution >= 0.6 is 0 Å². The van der Waals surface area contributed by atoms with Crippen molar-refractivity contribution in [1.82, 2.24) is 5.32 Å². The van der Waals surface area contributed by atoms with Gasteiger partial charge < -0.3 is 5.32 Å². The molecule has 0 aromatic heterocycles. The lowest BCUT2D eigenvalue weighted by atomic mass is 9.75. The van der Waals surface area contributed by atoms with Crippen molar-refractivity contribution in [2.24, 2.45) is 11.8 Å². The molecule has 1 saturated carbocycles. The predicted molar refractivity (Wildman–Crippen MR) is 87.9 cm³/mol. The summed E-state index contributed by atoms with van der Waals surface area (Å²) in [6.45, 7) is 4.31. The first-order chi connectivity index (χ1) is 10.2. The van der Waals surface area contributed by atoms with E-state index in [1.807, 2.05) is 26.1 Å². The van der Waals surface area contributed by atoms with Crippen LogP contribution in [-0.2, 0) is 0 Å². The van der Waals surface area contributed by atoms with E-state index in [4.69, 9.17) is 0 Å². The molecule has 1 atom stereocenters. The predicted octanol–water partition coefficient (Wildman–Crippen LogP) is 5.39. The summed E-state index contributed by atoms with van der Waals surface area (Å²) < 4.78 is 14.2. The standard InChI is InChI=1S/C19H30FN/c1-4-5-6-15-8-10-16(11-9-15)19(21-3)17-13-14(2)7-12-18(17)20/h7,12-13,15-16,19,21H,4-6,8-11H2,1-3H3. The van der Waals surface area contributed by atoms with Gasteiger partial charge in [0.05, 0.1) is 0 Å². The Bertz CT molecular complexity index is 435. The topological polar surface area (TPSA) is 12.0 Å². The summed E-state index contributed by atoms with van der Waals surface area (Å²) in [6.07, 6.45) is 9.13. The summed E-state index contributed by atoms with van der Waals surface area (Å²) in [5.41, 5.74) is 2.00. The molecule has 1 fully saturated rings. The van der Waals surface area contributed by atoms with Crippen LogP contribution in [0.15, 0.2) is 18.2 Å². The summed E-state index contributed by atoms with van der Waals surface area (Å²) in [5, 5.41) is 3.37. The summed E-state index contributed by atoms with van der Waals surface area (Å²) in [5.74, 6) is 1.42. The Kier molecular flexibility index (Phi) is 6.22. The van der Waals surface area contributed by atoms with E-state index in [1.165, 1.54) is 44.9 Å². The Morgan fingerprint density at radius 3 is 2.57 bits per heavy atom. The molecular weight excluding hydrogens is 261 g/mol. The molecule has 1 aliphatic rings. The molecule has 0 amide bonds. The zero-order valence-electron chi connectivity index (χ0n) is 13.8. The molecule has 0 aliphatic heterocycles. The first kappa shape index (κ1) is 16.5. The van der Waals surface area contributed by atoms with Crippen LogP contribution in [0.5, 0.6) is 0 Å². The van der Waals surface area contributed by atoms with Crippen molar-refractivity contribution in [2.45, 2.75) is 64.8 Å². The van der Waals surface area contributed by atoms with E-state index < -0.39 is 0 Å². The quantitative estimate of drug-likeness (QED) is 0.741. The first-order valence-corrected chi connectivity index (χ1v) is 8.59. The third-order valence-corrected chi connectivity index (χ3v) is 5.13. The van der Waals surface area contributed by atoms with Crippen LogP contribution in [0.4, 0.5) is 4.39 Å². The van der Waals surface area contributed by atoms with Crippen LogP contribution in [-0.4, -0.2) is 7.05 Å². The van der Waals surface area contributed by atoms with E-state index in [0.29, 0.717) is 5.92 Å². The molecular formula is C19H30FN. The summed E-state index contributed by atoms with van der Waals surface area (Å²) in [7, 11) is 1.97. The second-order valence-corrected chi connectivity index (χ2v) is 6.71. The normalized spacial score (nSPS) is 24.0. The molecule has 1 N–H and O–H groups in total. The van der Waals surface area contributed by atoms with Gasteiger partial charge in [0.2, 0.25) is 0 Å². The van der Waals surface area contributed by atoms with Crippen LogP contribution in [0, 0.1) is 24.6 Å². The number of aryl methyl sites for hydroxylation is 1. The Hall–Kier alpha value is -0.890. The minimum atomic E-state index is -0.0620. The lowest BCUT2D eigenvalue weighted by Crippen LogP contribution is -2.29. The minimum Gasteiger partial charge on any atom is -0.313 e. The molecule has 2 heteroatoms. The third kappa shape index (κ3) is 4.29. The van der Waals surface area contributed by atoms with E-state index >= 15 is 0 Å². The van der Waals surface area contributed by atoms with E-state index in [1.54, 1.807) is 6.07 Å². The molecule has 0 heterocycles. The van der Waals surface area contributed by atoms with E-state index in [2.05, 4.69) is 12.2 Å². The Labute approximate surface area is 129 Å². The fourth-order valence-corrected chi connectivity index (χ4v) is 3.85. The Balaban J connectivity index is 2.01. The van der Waals surface area contributed by atoms with E-state index in [0.717, 1.165) is 17.0 Å². The second kappa shape index (κ2) is 7.93. The van der Waals surface area contributed by atoms with Gasteiger partial charge in [0.15, 0.2) is 0 Å². The highest BCUT2D eigenvalue weighted by atomic mass is 19.1. The van der Waals surface area contributed by atoms with Crippen molar-refractivity contribution in [1.29, 1.82) is 0 Å². The minimum absolute atomic E-state index is 0.0620. The van der Waals surface area contributed by atoms with Gasteiger partial charge >= 0.3 is 0 Å². The van der Waals surface area contributed by atoms with Crippen molar-refractivity contribution in [3.05, 3.63) is 35.1 Å².